The summed E-state index contributed by atoms with van der Waals surface area (Å²) in [5.74, 6) is 0. The number of rotatable bonds is 9. The Balaban J connectivity index is 2.09. The minimum Gasteiger partial charge on any atom is -0.379 e. The van der Waals surface area contributed by atoms with E-state index in [-0.39, 0.29) is 0 Å². The number of nitrogens with zero attached hydrogens (tertiary/aromatic N) is 3. The van der Waals surface area contributed by atoms with Crippen molar-refractivity contribution >= 4 is 0 Å². The molecule has 0 radical (unpaired) electrons. The van der Waals surface area contributed by atoms with E-state index in [9.17, 15) is 0 Å². The number of imidazole rings is 1. The molecule has 0 spiro atoms. The van der Waals surface area contributed by atoms with Crippen molar-refractivity contribution in [2.24, 2.45) is 0 Å². The van der Waals surface area contributed by atoms with Crippen LogP contribution in [-0.4, -0.2) is 54.8 Å². The zero-order chi connectivity index (χ0) is 13.4. The second-order valence-corrected chi connectivity index (χ2v) is 4.98. The van der Waals surface area contributed by atoms with Crippen LogP contribution in [0.15, 0.2) is 12.5 Å². The van der Waals surface area contributed by atoms with Gasteiger partial charge in [0.05, 0.1) is 25.2 Å². The highest BCUT2D eigenvalue weighted by molar-refractivity contribution is 4.99. The molecule has 0 aliphatic heterocycles. The standard InChI is InChI=1S/C13H26N4O/c1-12(2)17-11-15-10-13(17)9-14-5-7-18-8-6-16(3)4/h10-12,14H,5-9H2,1-4H3. The number of nitrogens with one attached hydrogen (secondary N) is 1. The summed E-state index contributed by atoms with van der Waals surface area (Å²) >= 11 is 0. The second-order valence-electron chi connectivity index (χ2n) is 4.98. The van der Waals surface area contributed by atoms with Crippen LogP contribution in [0.5, 0.6) is 0 Å². The van der Waals surface area contributed by atoms with Crippen LogP contribution in [0, 0.1) is 0 Å². The molecule has 18 heavy (non-hydrogen) atoms. The molecule has 5 heteroatoms. The molecule has 104 valence electrons. The Morgan fingerprint density at radius 1 is 1.39 bits per heavy atom. The molecular weight excluding hydrogens is 228 g/mol. The summed E-state index contributed by atoms with van der Waals surface area (Å²) in [6.45, 7) is 8.55. The summed E-state index contributed by atoms with van der Waals surface area (Å²) < 4.78 is 7.70. The number of hydrogen-bond acceptors (Lipinski definition) is 4. The largest absolute Gasteiger partial charge is 0.379 e. The maximum Gasteiger partial charge on any atom is 0.0951 e. The summed E-state index contributed by atoms with van der Waals surface area (Å²) in [6, 6.07) is 0.459. The summed E-state index contributed by atoms with van der Waals surface area (Å²) in [5.41, 5.74) is 1.22. The second kappa shape index (κ2) is 8.24. The van der Waals surface area contributed by atoms with Gasteiger partial charge in [0, 0.05) is 31.9 Å². The Morgan fingerprint density at radius 3 is 2.83 bits per heavy atom. The predicted molar refractivity (Wildman–Crippen MR) is 73.7 cm³/mol. The predicted octanol–water partition coefficient (Wildman–Crippen LogP) is 1.13. The molecule has 0 amide bonds. The quantitative estimate of drug-likeness (QED) is 0.671. The van der Waals surface area contributed by atoms with E-state index in [0.29, 0.717) is 6.04 Å². The summed E-state index contributed by atoms with van der Waals surface area (Å²) in [5, 5.41) is 3.37. The van der Waals surface area contributed by atoms with Gasteiger partial charge in [-0.15, -0.1) is 0 Å². The van der Waals surface area contributed by atoms with Crippen LogP contribution in [-0.2, 0) is 11.3 Å². The average Bonchev–Trinajstić information content (AvgIpc) is 2.75. The fourth-order valence-electron chi connectivity index (χ4n) is 1.64. The van der Waals surface area contributed by atoms with Gasteiger partial charge in [-0.3, -0.25) is 0 Å². The average molecular weight is 254 g/mol. The van der Waals surface area contributed by atoms with Gasteiger partial charge in [0.1, 0.15) is 0 Å². The van der Waals surface area contributed by atoms with E-state index < -0.39 is 0 Å². The lowest BCUT2D eigenvalue weighted by Crippen LogP contribution is -2.24. The molecule has 1 aromatic heterocycles. The first-order valence-electron chi connectivity index (χ1n) is 6.55. The molecule has 0 saturated heterocycles. The first-order chi connectivity index (χ1) is 8.61. The van der Waals surface area contributed by atoms with E-state index in [4.69, 9.17) is 4.74 Å². The van der Waals surface area contributed by atoms with Crippen molar-refractivity contribution in [1.29, 1.82) is 0 Å². The molecule has 0 bridgehead atoms. The molecule has 5 nitrogen and oxygen atoms in total. The first-order valence-corrected chi connectivity index (χ1v) is 6.55. The highest BCUT2D eigenvalue weighted by Gasteiger charge is 2.04. The molecule has 0 unspecified atom stereocenters. The summed E-state index contributed by atoms with van der Waals surface area (Å²) in [6.07, 6.45) is 3.80. The molecule has 0 atom stereocenters. The Bertz CT molecular complexity index is 323. The van der Waals surface area contributed by atoms with Crippen LogP contribution >= 0.6 is 0 Å². The third-order valence-electron chi connectivity index (χ3n) is 2.71. The topological polar surface area (TPSA) is 42.3 Å². The van der Waals surface area contributed by atoms with Crippen LogP contribution < -0.4 is 5.32 Å². The fraction of sp³-hybridized carbons (Fsp3) is 0.769. The lowest BCUT2D eigenvalue weighted by Gasteiger charge is -2.13. The minimum absolute atomic E-state index is 0.459. The van der Waals surface area contributed by atoms with Crippen molar-refractivity contribution in [2.45, 2.75) is 26.4 Å². The maximum absolute atomic E-state index is 5.51. The normalized spacial score (nSPS) is 11.7. The van der Waals surface area contributed by atoms with Gasteiger partial charge in [0.2, 0.25) is 0 Å². The molecule has 1 heterocycles. The molecule has 1 rings (SSSR count). The van der Waals surface area contributed by atoms with Crippen LogP contribution in [0.1, 0.15) is 25.6 Å². The Labute approximate surface area is 110 Å². The van der Waals surface area contributed by atoms with Crippen molar-refractivity contribution in [3.63, 3.8) is 0 Å². The Hall–Kier alpha value is -0.910. The SMILES string of the molecule is CC(C)n1cncc1CNCCOCCN(C)C. The number of likely N-dealkylation sites (N-methyl/N-ethyl adjacent to an activating group) is 1. The summed E-state index contributed by atoms with van der Waals surface area (Å²) in [4.78, 5) is 6.30. The van der Waals surface area contributed by atoms with Crippen LogP contribution in [0.4, 0.5) is 0 Å². The van der Waals surface area contributed by atoms with Crippen molar-refractivity contribution < 1.29 is 4.74 Å². The zero-order valence-corrected chi connectivity index (χ0v) is 12.0. The monoisotopic (exact) mass is 254 g/mol. The van der Waals surface area contributed by atoms with Crippen LogP contribution in [0.3, 0.4) is 0 Å². The molecule has 1 aromatic rings. The third kappa shape index (κ3) is 5.62. The number of hydrogen-bond donors (Lipinski definition) is 1. The van der Waals surface area contributed by atoms with Gasteiger partial charge < -0.3 is 19.5 Å². The van der Waals surface area contributed by atoms with E-state index in [1.165, 1.54) is 5.69 Å². The van der Waals surface area contributed by atoms with E-state index in [0.717, 1.165) is 32.8 Å². The van der Waals surface area contributed by atoms with E-state index in [1.807, 2.05) is 12.5 Å². The van der Waals surface area contributed by atoms with Gasteiger partial charge in [-0.2, -0.15) is 0 Å². The molecule has 1 N–H and O–H groups in total. The van der Waals surface area contributed by atoms with Gasteiger partial charge in [-0.05, 0) is 27.9 Å². The van der Waals surface area contributed by atoms with Gasteiger partial charge in [-0.25, -0.2) is 4.98 Å². The smallest absolute Gasteiger partial charge is 0.0951 e. The van der Waals surface area contributed by atoms with Crippen molar-refractivity contribution in [3.05, 3.63) is 18.2 Å². The van der Waals surface area contributed by atoms with Crippen molar-refractivity contribution in [2.75, 3.05) is 40.4 Å². The van der Waals surface area contributed by atoms with Crippen molar-refractivity contribution in [3.8, 4) is 0 Å². The molecule has 0 aromatic carbocycles. The molecule has 0 aliphatic rings. The molecular formula is C13H26N4O. The summed E-state index contributed by atoms with van der Waals surface area (Å²) in [7, 11) is 4.10. The van der Waals surface area contributed by atoms with E-state index in [1.54, 1.807) is 0 Å². The van der Waals surface area contributed by atoms with E-state index >= 15 is 0 Å². The highest BCUT2D eigenvalue weighted by atomic mass is 16.5. The Morgan fingerprint density at radius 2 is 2.17 bits per heavy atom. The van der Waals surface area contributed by atoms with E-state index in [2.05, 4.69) is 47.7 Å². The zero-order valence-electron chi connectivity index (χ0n) is 12.0. The first kappa shape index (κ1) is 15.1. The van der Waals surface area contributed by atoms with Gasteiger partial charge in [0.15, 0.2) is 0 Å². The van der Waals surface area contributed by atoms with Gasteiger partial charge >= 0.3 is 0 Å². The number of aromatic nitrogens is 2. The number of ether oxygens (including phenoxy) is 1. The minimum atomic E-state index is 0.459. The molecule has 0 saturated carbocycles. The lowest BCUT2D eigenvalue weighted by atomic mass is 10.3. The lowest BCUT2D eigenvalue weighted by molar-refractivity contribution is 0.119. The molecule has 0 fully saturated rings. The highest BCUT2D eigenvalue weighted by Crippen LogP contribution is 2.07. The van der Waals surface area contributed by atoms with Crippen LogP contribution in [0.25, 0.3) is 0 Å². The Kier molecular flexibility index (Phi) is 6.93. The fourth-order valence-corrected chi connectivity index (χ4v) is 1.64. The molecule has 0 aliphatic carbocycles. The van der Waals surface area contributed by atoms with Crippen LogP contribution in [0.2, 0.25) is 0 Å². The van der Waals surface area contributed by atoms with Gasteiger partial charge in [0.25, 0.3) is 0 Å². The van der Waals surface area contributed by atoms with Crippen molar-refractivity contribution in [1.82, 2.24) is 19.8 Å². The third-order valence-corrected chi connectivity index (χ3v) is 2.71. The van der Waals surface area contributed by atoms with Gasteiger partial charge in [-0.1, -0.05) is 0 Å². The maximum atomic E-state index is 5.51.